The van der Waals surface area contributed by atoms with Crippen molar-refractivity contribution in [3.63, 3.8) is 0 Å². The summed E-state index contributed by atoms with van der Waals surface area (Å²) in [6.07, 6.45) is 1.88. The largest absolute Gasteiger partial charge is 0.497 e. The number of nitrogens with zero attached hydrogens (tertiary/aromatic N) is 2. The summed E-state index contributed by atoms with van der Waals surface area (Å²) < 4.78 is 18.0. The Kier molecular flexibility index (Phi) is 6.32. The van der Waals surface area contributed by atoms with Gasteiger partial charge in [-0.2, -0.15) is 0 Å². The molecule has 2 aliphatic rings. The van der Waals surface area contributed by atoms with Crippen molar-refractivity contribution in [2.24, 2.45) is 0 Å². The minimum absolute atomic E-state index is 0.118. The molecule has 35 heavy (non-hydrogen) atoms. The van der Waals surface area contributed by atoms with Crippen molar-refractivity contribution >= 4 is 22.9 Å². The Morgan fingerprint density at radius 2 is 1.97 bits per heavy atom. The van der Waals surface area contributed by atoms with Crippen LogP contribution in [0.3, 0.4) is 0 Å². The number of hydrogen-bond acceptors (Lipinski definition) is 7. The highest BCUT2D eigenvalue weighted by Gasteiger charge is 2.39. The summed E-state index contributed by atoms with van der Waals surface area (Å²) in [5, 5.41) is 13.4. The first kappa shape index (κ1) is 23.1. The molecule has 8 heteroatoms. The third kappa shape index (κ3) is 4.09. The van der Waals surface area contributed by atoms with Crippen molar-refractivity contribution in [2.45, 2.75) is 33.0 Å². The number of aromatic nitrogens is 1. The number of para-hydroxylation sites is 2. The zero-order valence-electron chi connectivity index (χ0n) is 19.9. The zero-order chi connectivity index (χ0) is 24.5. The summed E-state index contributed by atoms with van der Waals surface area (Å²) in [5.41, 5.74) is 5.09. The van der Waals surface area contributed by atoms with Crippen LogP contribution in [0.15, 0.2) is 66.2 Å². The van der Waals surface area contributed by atoms with E-state index in [2.05, 4.69) is 15.2 Å². The molecule has 180 valence electrons. The molecule has 3 heterocycles. The lowest BCUT2D eigenvalue weighted by molar-refractivity contribution is 0.277. The Bertz CT molecular complexity index is 1310. The Hall–Kier alpha value is -3.62. The maximum absolute atomic E-state index is 9.91. The van der Waals surface area contributed by atoms with Gasteiger partial charge in [0.05, 0.1) is 37.3 Å². The molecule has 2 aromatic carbocycles. The van der Waals surface area contributed by atoms with Crippen LogP contribution in [-0.2, 0) is 13.0 Å². The highest BCUT2D eigenvalue weighted by Crippen LogP contribution is 2.44. The number of hydrogen-bond donors (Lipinski definition) is 2. The molecule has 0 saturated carbocycles. The van der Waals surface area contributed by atoms with Gasteiger partial charge < -0.3 is 24.6 Å². The Morgan fingerprint density at radius 1 is 1.20 bits per heavy atom. The second kappa shape index (κ2) is 9.56. The molecule has 1 aromatic heterocycles. The van der Waals surface area contributed by atoms with Crippen LogP contribution >= 0.6 is 12.2 Å². The van der Waals surface area contributed by atoms with Crippen LogP contribution in [0, 0.1) is 6.92 Å². The quantitative estimate of drug-likeness (QED) is 0.488. The minimum atomic E-state index is -0.343. The number of rotatable bonds is 6. The van der Waals surface area contributed by atoms with Crippen LogP contribution in [0.25, 0.3) is 0 Å². The first-order valence-electron chi connectivity index (χ1n) is 11.5. The fraction of sp³-hybridized carbons (Fsp3) is 0.259. The molecule has 0 radical (unpaired) electrons. The number of anilines is 1. The predicted octanol–water partition coefficient (Wildman–Crippen LogP) is 4.57. The topological polar surface area (TPSA) is 76.1 Å². The zero-order valence-corrected chi connectivity index (χ0v) is 20.7. The van der Waals surface area contributed by atoms with Gasteiger partial charge >= 0.3 is 0 Å². The fourth-order valence-electron chi connectivity index (χ4n) is 4.52. The van der Waals surface area contributed by atoms with Gasteiger partial charge in [-0.15, -0.1) is 0 Å². The summed E-state index contributed by atoms with van der Waals surface area (Å²) in [5.74, 6) is 2.80. The summed E-state index contributed by atoms with van der Waals surface area (Å²) in [6, 6.07) is 15.8. The average molecular weight is 490 g/mol. The maximum atomic E-state index is 9.91. The van der Waals surface area contributed by atoms with Crippen LogP contribution in [0.4, 0.5) is 5.69 Å². The van der Waals surface area contributed by atoms with Crippen LogP contribution in [0.5, 0.6) is 17.2 Å². The van der Waals surface area contributed by atoms with Gasteiger partial charge in [-0.1, -0.05) is 36.5 Å². The molecule has 0 amide bonds. The van der Waals surface area contributed by atoms with Crippen molar-refractivity contribution < 1.29 is 19.3 Å². The van der Waals surface area contributed by atoms with Gasteiger partial charge in [0.25, 0.3) is 0 Å². The number of benzene rings is 2. The predicted molar refractivity (Wildman–Crippen MR) is 138 cm³/mol. The van der Waals surface area contributed by atoms with Crippen LogP contribution in [-0.4, -0.2) is 28.8 Å². The van der Waals surface area contributed by atoms with E-state index in [4.69, 9.17) is 26.4 Å². The van der Waals surface area contributed by atoms with E-state index in [1.54, 1.807) is 13.3 Å². The van der Waals surface area contributed by atoms with E-state index in [0.29, 0.717) is 29.6 Å². The summed E-state index contributed by atoms with van der Waals surface area (Å²) in [7, 11) is 1.65. The molecule has 2 aliphatic heterocycles. The molecule has 0 bridgehead atoms. The van der Waals surface area contributed by atoms with Gasteiger partial charge in [-0.25, -0.2) is 0 Å². The molecular formula is C27H27N3O4S. The van der Waals surface area contributed by atoms with E-state index in [1.165, 1.54) is 0 Å². The molecule has 0 aliphatic carbocycles. The van der Waals surface area contributed by atoms with E-state index in [1.807, 2.05) is 62.4 Å². The Balaban J connectivity index is 1.69. The fourth-order valence-corrected chi connectivity index (χ4v) is 4.79. The van der Waals surface area contributed by atoms with Crippen LogP contribution in [0.2, 0.25) is 0 Å². The lowest BCUT2D eigenvalue weighted by atomic mass is 9.95. The van der Waals surface area contributed by atoms with E-state index in [0.717, 1.165) is 45.1 Å². The van der Waals surface area contributed by atoms with E-state index in [9.17, 15) is 5.11 Å². The van der Waals surface area contributed by atoms with E-state index in [-0.39, 0.29) is 12.8 Å². The number of methoxy groups -OCH3 is 1. The average Bonchev–Trinajstić information content (AvgIpc) is 2.89. The van der Waals surface area contributed by atoms with Crippen molar-refractivity contribution in [1.29, 1.82) is 0 Å². The second-order valence-corrected chi connectivity index (χ2v) is 8.73. The van der Waals surface area contributed by atoms with E-state index < -0.39 is 0 Å². The number of aliphatic hydroxyl groups is 1. The number of nitrogens with one attached hydrogen (secondary N) is 1. The van der Waals surface area contributed by atoms with Crippen LogP contribution in [0.1, 0.15) is 35.5 Å². The smallest absolute Gasteiger partial charge is 0.209 e. The van der Waals surface area contributed by atoms with Gasteiger partial charge in [0.1, 0.15) is 22.7 Å². The number of ether oxygens (including phenoxy) is 3. The van der Waals surface area contributed by atoms with Crippen molar-refractivity contribution in [3.05, 3.63) is 88.6 Å². The first-order valence-corrected chi connectivity index (χ1v) is 11.9. The van der Waals surface area contributed by atoms with Crippen molar-refractivity contribution in [1.82, 2.24) is 10.3 Å². The third-order valence-corrected chi connectivity index (χ3v) is 6.62. The SMILES string of the molecule is CCOc1ccccc1N1C2=C(Cc3c(CO)cnc(C)c3O2)C(=S)N[C@@H]1c1ccc(OC)cc1. The van der Waals surface area contributed by atoms with Gasteiger partial charge in [0.15, 0.2) is 5.75 Å². The molecule has 0 fully saturated rings. The minimum Gasteiger partial charge on any atom is -0.497 e. The number of aryl methyl sites for hydroxylation is 1. The number of thiocarbonyl (C=S) groups is 1. The Morgan fingerprint density at radius 3 is 2.69 bits per heavy atom. The van der Waals surface area contributed by atoms with E-state index >= 15 is 0 Å². The molecule has 2 N–H and O–H groups in total. The molecule has 5 rings (SSSR count). The molecule has 0 spiro atoms. The first-order chi connectivity index (χ1) is 17.0. The van der Waals surface area contributed by atoms with Gasteiger partial charge in [0.2, 0.25) is 5.88 Å². The molecule has 3 aromatic rings. The molecule has 7 nitrogen and oxygen atoms in total. The molecule has 1 atom stereocenters. The number of aliphatic hydroxyl groups excluding tert-OH is 1. The maximum Gasteiger partial charge on any atom is 0.209 e. The van der Waals surface area contributed by atoms with Crippen molar-refractivity contribution in [3.8, 4) is 17.2 Å². The standard InChI is InChI=1S/C27H27N3O4S/c1-4-33-23-8-6-5-7-22(23)30-25(17-9-11-19(32-3)12-10-17)29-26(35)21-13-20-18(15-31)14-28-16(2)24(20)34-27(21)30/h5-12,14,25,31H,4,13,15H2,1-3H3,(H,29,35)/t25-/m0/s1. The van der Waals surface area contributed by atoms with Crippen molar-refractivity contribution in [2.75, 3.05) is 18.6 Å². The van der Waals surface area contributed by atoms with Crippen LogP contribution < -0.4 is 24.4 Å². The summed E-state index contributed by atoms with van der Waals surface area (Å²) in [6.45, 7) is 4.28. The van der Waals surface area contributed by atoms with Gasteiger partial charge in [-0.05, 0) is 43.7 Å². The molecule has 0 saturated heterocycles. The second-order valence-electron chi connectivity index (χ2n) is 8.32. The monoisotopic (exact) mass is 489 g/mol. The Labute approximate surface area is 210 Å². The van der Waals surface area contributed by atoms with Gasteiger partial charge in [-0.3, -0.25) is 9.88 Å². The lowest BCUT2D eigenvalue weighted by Gasteiger charge is -2.43. The lowest BCUT2D eigenvalue weighted by Crippen LogP contribution is -2.49. The molecule has 0 unspecified atom stereocenters. The normalized spacial score (nSPS) is 16.7. The summed E-state index contributed by atoms with van der Waals surface area (Å²) in [4.78, 5) is 7.14. The highest BCUT2D eigenvalue weighted by atomic mass is 32.1. The highest BCUT2D eigenvalue weighted by molar-refractivity contribution is 7.80. The number of pyridine rings is 1. The third-order valence-electron chi connectivity index (χ3n) is 6.26. The molecular weight excluding hydrogens is 462 g/mol. The number of fused-ring (bicyclic) bond motifs is 1. The van der Waals surface area contributed by atoms with Gasteiger partial charge in [0, 0.05) is 23.7 Å². The summed E-state index contributed by atoms with van der Waals surface area (Å²) >= 11 is 5.85.